The lowest BCUT2D eigenvalue weighted by molar-refractivity contribution is -0.113. The number of primary amides is 1. The molecule has 0 radical (unpaired) electrons. The normalized spacial score (nSPS) is 12.9. The highest BCUT2D eigenvalue weighted by molar-refractivity contribution is 7.99. The maximum Gasteiger partial charge on any atom is 0.251 e. The van der Waals surface area contributed by atoms with Crippen LogP contribution in [0.3, 0.4) is 0 Å². The van der Waals surface area contributed by atoms with Gasteiger partial charge in [-0.15, -0.1) is 21.5 Å². The van der Waals surface area contributed by atoms with Crippen LogP contribution < -0.4 is 11.1 Å². The molecule has 1 aliphatic rings. The highest BCUT2D eigenvalue weighted by atomic mass is 32.2. The number of aryl methyl sites for hydroxylation is 2. The molecule has 180 valence electrons. The zero-order valence-corrected chi connectivity index (χ0v) is 20.9. The summed E-state index contributed by atoms with van der Waals surface area (Å²) in [5.74, 6) is 0.853. The number of anilines is 1. The van der Waals surface area contributed by atoms with Crippen molar-refractivity contribution in [3.63, 3.8) is 0 Å². The Kier molecular flexibility index (Phi) is 6.74. The predicted octanol–water partition coefficient (Wildman–Crippen LogP) is 4.66. The summed E-state index contributed by atoms with van der Waals surface area (Å²) in [7, 11) is 0. The second kappa shape index (κ2) is 10.1. The van der Waals surface area contributed by atoms with E-state index in [0.29, 0.717) is 28.1 Å². The molecule has 0 fully saturated rings. The van der Waals surface area contributed by atoms with Crippen molar-refractivity contribution < 1.29 is 14.0 Å². The molecule has 8 nitrogen and oxygen atoms in total. The predicted molar refractivity (Wildman–Crippen MR) is 137 cm³/mol. The molecule has 3 N–H and O–H groups in total. The van der Waals surface area contributed by atoms with Gasteiger partial charge in [0, 0.05) is 4.88 Å². The summed E-state index contributed by atoms with van der Waals surface area (Å²) >= 11 is 2.77. The Labute approximate surface area is 210 Å². The average molecular weight is 508 g/mol. The van der Waals surface area contributed by atoms with E-state index in [-0.39, 0.29) is 11.7 Å². The summed E-state index contributed by atoms with van der Waals surface area (Å²) in [5, 5.41) is 12.9. The Morgan fingerprint density at radius 3 is 2.71 bits per heavy atom. The second-order valence-electron chi connectivity index (χ2n) is 8.38. The molecule has 1 aromatic carbocycles. The first-order valence-corrected chi connectivity index (χ1v) is 13.2. The number of aromatic nitrogens is 3. The molecule has 35 heavy (non-hydrogen) atoms. The number of thiophene rings is 1. The summed E-state index contributed by atoms with van der Waals surface area (Å²) < 4.78 is 7.46. The lowest BCUT2D eigenvalue weighted by Crippen LogP contribution is -2.19. The fourth-order valence-corrected chi connectivity index (χ4v) is 6.38. The van der Waals surface area contributed by atoms with Crippen molar-refractivity contribution >= 4 is 39.9 Å². The first-order chi connectivity index (χ1) is 17.0. The van der Waals surface area contributed by atoms with Gasteiger partial charge in [0.25, 0.3) is 5.91 Å². The van der Waals surface area contributed by atoms with Gasteiger partial charge in [-0.3, -0.25) is 14.2 Å². The number of nitrogens with one attached hydrogen (secondary N) is 1. The molecular formula is C25H25N5O3S2. The molecule has 10 heteroatoms. The van der Waals surface area contributed by atoms with Crippen molar-refractivity contribution in [1.82, 2.24) is 14.8 Å². The highest BCUT2D eigenvalue weighted by Gasteiger charge is 2.25. The second-order valence-corrected chi connectivity index (χ2v) is 10.4. The molecule has 5 rings (SSSR count). The quantitative estimate of drug-likeness (QED) is 0.335. The molecule has 0 spiro atoms. The number of carbonyl (C=O) groups is 2. The van der Waals surface area contributed by atoms with Gasteiger partial charge in [-0.25, -0.2) is 0 Å². The smallest absolute Gasteiger partial charge is 0.251 e. The van der Waals surface area contributed by atoms with E-state index in [4.69, 9.17) is 10.2 Å². The average Bonchev–Trinajstić information content (AvgIpc) is 3.54. The van der Waals surface area contributed by atoms with Gasteiger partial charge in [-0.1, -0.05) is 42.1 Å². The van der Waals surface area contributed by atoms with E-state index in [0.717, 1.165) is 53.0 Å². The Morgan fingerprint density at radius 2 is 1.97 bits per heavy atom. The molecule has 3 aromatic heterocycles. The van der Waals surface area contributed by atoms with E-state index in [9.17, 15) is 9.59 Å². The van der Waals surface area contributed by atoms with Crippen LogP contribution in [0.25, 0.3) is 11.4 Å². The van der Waals surface area contributed by atoms with E-state index in [1.165, 1.54) is 23.1 Å². The van der Waals surface area contributed by atoms with Crippen molar-refractivity contribution in [3.8, 4) is 11.4 Å². The van der Waals surface area contributed by atoms with Crippen LogP contribution >= 0.6 is 23.1 Å². The van der Waals surface area contributed by atoms with Gasteiger partial charge in [-0.2, -0.15) is 0 Å². The standard InChI is InChI=1S/C25H25N5O3S2/c1-15-17(11-12-33-15)23-28-29-25(30(23)13-16-7-3-2-4-8-16)34-14-20(31)27-24-21(22(26)32)18-9-5-6-10-19(18)35-24/h2-4,7-8,11-12H,5-6,9-10,13-14H2,1H3,(H2,26,32)(H,27,31). The molecule has 0 atom stereocenters. The van der Waals surface area contributed by atoms with E-state index < -0.39 is 5.91 Å². The van der Waals surface area contributed by atoms with Gasteiger partial charge in [0.15, 0.2) is 11.0 Å². The van der Waals surface area contributed by atoms with Gasteiger partial charge in [0.2, 0.25) is 5.91 Å². The summed E-state index contributed by atoms with van der Waals surface area (Å²) in [5.41, 5.74) is 9.08. The molecule has 0 aliphatic heterocycles. The summed E-state index contributed by atoms with van der Waals surface area (Å²) in [4.78, 5) is 26.2. The van der Waals surface area contributed by atoms with Crippen LogP contribution in [0, 0.1) is 6.92 Å². The summed E-state index contributed by atoms with van der Waals surface area (Å²) in [6, 6.07) is 11.9. The molecular weight excluding hydrogens is 482 g/mol. The number of amides is 2. The Hall–Kier alpha value is -3.37. The number of hydrogen-bond donors (Lipinski definition) is 2. The van der Waals surface area contributed by atoms with Crippen LogP contribution in [-0.4, -0.2) is 32.3 Å². The van der Waals surface area contributed by atoms with Crippen molar-refractivity contribution in [2.75, 3.05) is 11.1 Å². The molecule has 2 amide bonds. The fraction of sp³-hybridized carbons (Fsp3) is 0.280. The third kappa shape index (κ3) is 4.89. The number of rotatable bonds is 8. The summed E-state index contributed by atoms with van der Waals surface area (Å²) in [6.45, 7) is 2.44. The molecule has 0 saturated carbocycles. The molecule has 4 aromatic rings. The third-order valence-electron chi connectivity index (χ3n) is 6.00. The zero-order valence-electron chi connectivity index (χ0n) is 19.2. The first-order valence-electron chi connectivity index (χ1n) is 11.4. The van der Waals surface area contributed by atoms with Gasteiger partial charge in [0.1, 0.15) is 10.8 Å². The van der Waals surface area contributed by atoms with Gasteiger partial charge >= 0.3 is 0 Å². The van der Waals surface area contributed by atoms with Crippen molar-refractivity contribution in [2.24, 2.45) is 5.73 Å². The van der Waals surface area contributed by atoms with Crippen LogP contribution in [0.5, 0.6) is 0 Å². The van der Waals surface area contributed by atoms with E-state index in [2.05, 4.69) is 15.5 Å². The van der Waals surface area contributed by atoms with Crippen LogP contribution in [0.2, 0.25) is 0 Å². The van der Waals surface area contributed by atoms with Gasteiger partial charge in [-0.05, 0) is 49.8 Å². The van der Waals surface area contributed by atoms with Crippen molar-refractivity contribution in [3.05, 3.63) is 70.0 Å². The molecule has 0 unspecified atom stereocenters. The molecule has 3 heterocycles. The number of nitrogens with zero attached hydrogens (tertiary/aromatic N) is 3. The molecule has 0 bridgehead atoms. The number of hydrogen-bond acceptors (Lipinski definition) is 7. The fourth-order valence-electron chi connectivity index (χ4n) is 4.33. The maximum atomic E-state index is 12.9. The Bertz CT molecular complexity index is 1370. The van der Waals surface area contributed by atoms with Crippen LogP contribution in [0.1, 0.15) is 45.0 Å². The van der Waals surface area contributed by atoms with Crippen LogP contribution in [-0.2, 0) is 24.2 Å². The Balaban J connectivity index is 1.36. The number of nitrogens with two attached hydrogens (primary N) is 1. The number of carbonyl (C=O) groups excluding carboxylic acids is 2. The van der Waals surface area contributed by atoms with Gasteiger partial charge in [0.05, 0.1) is 29.7 Å². The minimum absolute atomic E-state index is 0.123. The summed E-state index contributed by atoms with van der Waals surface area (Å²) in [6.07, 6.45) is 5.49. The molecule has 0 saturated heterocycles. The van der Waals surface area contributed by atoms with E-state index in [1.807, 2.05) is 47.9 Å². The van der Waals surface area contributed by atoms with E-state index >= 15 is 0 Å². The number of thioether (sulfide) groups is 1. The topological polar surface area (TPSA) is 116 Å². The maximum absolute atomic E-state index is 12.9. The number of fused-ring (bicyclic) bond motifs is 1. The number of furan rings is 1. The van der Waals surface area contributed by atoms with Crippen molar-refractivity contribution in [2.45, 2.75) is 44.3 Å². The molecule has 1 aliphatic carbocycles. The highest BCUT2D eigenvalue weighted by Crippen LogP contribution is 2.38. The van der Waals surface area contributed by atoms with Crippen LogP contribution in [0.4, 0.5) is 5.00 Å². The largest absolute Gasteiger partial charge is 0.469 e. The number of benzene rings is 1. The van der Waals surface area contributed by atoms with Gasteiger partial charge < -0.3 is 15.5 Å². The lowest BCUT2D eigenvalue weighted by Gasteiger charge is -2.11. The first kappa shape index (κ1) is 23.4. The van der Waals surface area contributed by atoms with Crippen LogP contribution in [0.15, 0.2) is 52.2 Å². The lowest BCUT2D eigenvalue weighted by atomic mass is 9.95. The monoisotopic (exact) mass is 507 g/mol. The SMILES string of the molecule is Cc1occc1-c1nnc(SCC(=O)Nc2sc3c(c2C(N)=O)CCCC3)n1Cc1ccccc1. The Morgan fingerprint density at radius 1 is 1.17 bits per heavy atom. The van der Waals surface area contributed by atoms with Crippen molar-refractivity contribution in [1.29, 1.82) is 0 Å². The van der Waals surface area contributed by atoms with E-state index in [1.54, 1.807) is 6.26 Å². The third-order valence-corrected chi connectivity index (χ3v) is 8.18. The minimum Gasteiger partial charge on any atom is -0.469 e. The zero-order chi connectivity index (χ0) is 24.4. The minimum atomic E-state index is -0.491.